The third-order valence-corrected chi connectivity index (χ3v) is 8.10. The number of nitrogens with two attached hydrogens (primary N) is 1. The number of hydrogen-bond donors (Lipinski definition) is 1. The van der Waals surface area contributed by atoms with E-state index in [9.17, 15) is 8.42 Å². The van der Waals surface area contributed by atoms with Crippen LogP contribution in [0.2, 0.25) is 0 Å². The molecule has 2 fully saturated rings. The predicted octanol–water partition coefficient (Wildman–Crippen LogP) is 2.38. The lowest BCUT2D eigenvalue weighted by atomic mass is 9.79. The number of nitrogen functional groups attached to an aromatic ring is 1. The van der Waals surface area contributed by atoms with E-state index in [1.54, 1.807) is 12.1 Å². The van der Waals surface area contributed by atoms with Crippen molar-refractivity contribution >= 4 is 28.3 Å². The van der Waals surface area contributed by atoms with Gasteiger partial charge < -0.3 is 24.5 Å². The molecule has 172 valence electrons. The molecule has 2 aliphatic rings. The van der Waals surface area contributed by atoms with Gasteiger partial charge in [0.15, 0.2) is 0 Å². The molecule has 0 amide bonds. The second-order valence-electron chi connectivity index (χ2n) is 8.98. The molecule has 0 bridgehead atoms. The number of anilines is 1. The Bertz CT molecular complexity index is 1080. The minimum Gasteiger partial charge on any atom is -0.455 e. The van der Waals surface area contributed by atoms with Crippen LogP contribution in [-0.4, -0.2) is 57.3 Å². The molecule has 2 saturated heterocycles. The van der Waals surface area contributed by atoms with E-state index < -0.39 is 28.3 Å². The summed E-state index contributed by atoms with van der Waals surface area (Å²) in [6.45, 7) is 9.42. The van der Waals surface area contributed by atoms with Gasteiger partial charge in [-0.2, -0.15) is 4.31 Å². The average Bonchev–Trinajstić information content (AvgIpc) is 2.97. The summed E-state index contributed by atoms with van der Waals surface area (Å²) in [4.78, 5) is 0.134. The van der Waals surface area contributed by atoms with Gasteiger partial charge in [-0.1, -0.05) is 12.1 Å². The van der Waals surface area contributed by atoms with Crippen LogP contribution >= 0.6 is 0 Å². The van der Waals surface area contributed by atoms with Gasteiger partial charge in [-0.3, -0.25) is 0 Å². The lowest BCUT2D eigenvalue weighted by molar-refractivity contribution is 0.00578. The van der Waals surface area contributed by atoms with Crippen molar-refractivity contribution < 1.29 is 27.2 Å². The number of benzene rings is 2. The monoisotopic (exact) mass is 460 g/mol. The van der Waals surface area contributed by atoms with Crippen molar-refractivity contribution in [3.8, 4) is 11.5 Å². The van der Waals surface area contributed by atoms with Crippen LogP contribution in [0, 0.1) is 0 Å². The van der Waals surface area contributed by atoms with Crippen molar-refractivity contribution in [1.29, 1.82) is 0 Å². The van der Waals surface area contributed by atoms with E-state index >= 15 is 0 Å². The highest BCUT2D eigenvalue weighted by atomic mass is 32.2. The van der Waals surface area contributed by atoms with Gasteiger partial charge in [0, 0.05) is 13.1 Å². The molecule has 0 spiro atoms. The molecule has 2 aliphatic heterocycles. The second kappa shape index (κ2) is 8.35. The normalized spacial score (nSPS) is 20.9. The SMILES string of the molecule is CC1(C)OB(c2cccc(Oc3ccc(S(=O)(=O)N4CCOCC4)cc3N)c2)OC1(C)C. The minimum atomic E-state index is -3.63. The molecule has 0 atom stereocenters. The van der Waals surface area contributed by atoms with E-state index in [0.29, 0.717) is 37.8 Å². The Morgan fingerprint density at radius 3 is 2.28 bits per heavy atom. The van der Waals surface area contributed by atoms with E-state index in [1.165, 1.54) is 16.4 Å². The topological polar surface area (TPSA) is 100 Å². The fourth-order valence-corrected chi connectivity index (χ4v) is 4.99. The van der Waals surface area contributed by atoms with Gasteiger partial charge in [0.2, 0.25) is 10.0 Å². The van der Waals surface area contributed by atoms with Crippen LogP contribution in [-0.2, 0) is 24.1 Å². The van der Waals surface area contributed by atoms with E-state index in [0.717, 1.165) is 5.46 Å². The first-order valence-electron chi connectivity index (χ1n) is 10.6. The first-order chi connectivity index (χ1) is 15.0. The number of nitrogens with zero attached hydrogens (tertiary/aromatic N) is 1. The molecule has 8 nitrogen and oxygen atoms in total. The molecule has 2 heterocycles. The third-order valence-electron chi connectivity index (χ3n) is 6.20. The fraction of sp³-hybridized carbons (Fsp3) is 0.455. The molecule has 0 unspecified atom stereocenters. The maximum Gasteiger partial charge on any atom is 0.494 e. The molecule has 32 heavy (non-hydrogen) atoms. The van der Waals surface area contributed by atoms with Crippen molar-refractivity contribution in [2.75, 3.05) is 32.0 Å². The van der Waals surface area contributed by atoms with Gasteiger partial charge >= 0.3 is 7.12 Å². The average molecular weight is 460 g/mol. The smallest absolute Gasteiger partial charge is 0.455 e. The zero-order valence-electron chi connectivity index (χ0n) is 18.8. The van der Waals surface area contributed by atoms with Crippen molar-refractivity contribution in [3.63, 3.8) is 0 Å². The maximum absolute atomic E-state index is 12.9. The van der Waals surface area contributed by atoms with Crippen LogP contribution in [0.15, 0.2) is 47.4 Å². The summed E-state index contributed by atoms with van der Waals surface area (Å²) >= 11 is 0. The highest BCUT2D eigenvalue weighted by molar-refractivity contribution is 7.89. The number of hydrogen-bond acceptors (Lipinski definition) is 7. The van der Waals surface area contributed by atoms with Gasteiger partial charge in [-0.05, 0) is 63.5 Å². The van der Waals surface area contributed by atoms with Crippen molar-refractivity contribution in [2.24, 2.45) is 0 Å². The summed E-state index contributed by atoms with van der Waals surface area (Å²) in [5.74, 6) is 0.921. The molecular formula is C22H29BN2O6S. The fourth-order valence-electron chi connectivity index (χ4n) is 3.55. The van der Waals surface area contributed by atoms with Gasteiger partial charge in [-0.25, -0.2) is 8.42 Å². The Morgan fingerprint density at radius 1 is 1.00 bits per heavy atom. The van der Waals surface area contributed by atoms with Crippen LogP contribution in [0.3, 0.4) is 0 Å². The summed E-state index contributed by atoms with van der Waals surface area (Å²) in [5, 5.41) is 0. The van der Waals surface area contributed by atoms with Gasteiger partial charge in [0.25, 0.3) is 0 Å². The van der Waals surface area contributed by atoms with E-state index in [-0.39, 0.29) is 10.6 Å². The van der Waals surface area contributed by atoms with Crippen LogP contribution in [0.5, 0.6) is 11.5 Å². The first kappa shape index (κ1) is 23.1. The van der Waals surface area contributed by atoms with E-state index in [2.05, 4.69) is 0 Å². The third kappa shape index (κ3) is 4.38. The Hall–Kier alpha value is -2.11. The van der Waals surface area contributed by atoms with Crippen LogP contribution in [0.25, 0.3) is 0 Å². The van der Waals surface area contributed by atoms with Crippen molar-refractivity contribution in [2.45, 2.75) is 43.8 Å². The zero-order valence-corrected chi connectivity index (χ0v) is 19.6. The Morgan fingerprint density at radius 2 is 1.66 bits per heavy atom. The summed E-state index contributed by atoms with van der Waals surface area (Å²) in [6, 6.07) is 11.9. The van der Waals surface area contributed by atoms with Crippen LogP contribution in [0.1, 0.15) is 27.7 Å². The highest BCUT2D eigenvalue weighted by Gasteiger charge is 2.51. The lowest BCUT2D eigenvalue weighted by Gasteiger charge is -2.32. The highest BCUT2D eigenvalue weighted by Crippen LogP contribution is 2.37. The summed E-state index contributed by atoms with van der Waals surface area (Å²) < 4.78 is 50.5. The molecule has 0 radical (unpaired) electrons. The van der Waals surface area contributed by atoms with Crippen molar-refractivity contribution in [3.05, 3.63) is 42.5 Å². The summed E-state index contributed by atoms with van der Waals surface area (Å²) in [6.07, 6.45) is 0. The van der Waals surface area contributed by atoms with Gasteiger partial charge in [0.05, 0.1) is 35.0 Å². The number of ether oxygens (including phenoxy) is 2. The molecule has 0 aromatic heterocycles. The lowest BCUT2D eigenvalue weighted by Crippen LogP contribution is -2.41. The molecule has 2 aromatic rings. The minimum absolute atomic E-state index is 0.134. The number of morpholine rings is 1. The zero-order chi connectivity index (χ0) is 23.1. The molecule has 10 heteroatoms. The largest absolute Gasteiger partial charge is 0.494 e. The first-order valence-corrected chi connectivity index (χ1v) is 12.0. The van der Waals surface area contributed by atoms with E-state index in [4.69, 9.17) is 24.5 Å². The molecular weight excluding hydrogens is 431 g/mol. The second-order valence-corrected chi connectivity index (χ2v) is 10.9. The molecule has 0 saturated carbocycles. The maximum atomic E-state index is 12.9. The van der Waals surface area contributed by atoms with Gasteiger partial charge in [-0.15, -0.1) is 0 Å². The van der Waals surface area contributed by atoms with Crippen LogP contribution in [0.4, 0.5) is 5.69 Å². The Balaban J connectivity index is 1.52. The molecule has 0 aliphatic carbocycles. The Labute approximate surface area is 189 Å². The van der Waals surface area contributed by atoms with Crippen molar-refractivity contribution in [1.82, 2.24) is 4.31 Å². The number of sulfonamides is 1. The van der Waals surface area contributed by atoms with Crippen LogP contribution < -0.4 is 15.9 Å². The van der Waals surface area contributed by atoms with Gasteiger partial charge in [0.1, 0.15) is 11.5 Å². The van der Waals surface area contributed by atoms with E-state index in [1.807, 2.05) is 45.9 Å². The summed E-state index contributed by atoms with van der Waals surface area (Å²) in [7, 11) is -4.14. The Kier molecular flexibility index (Phi) is 6.02. The molecule has 2 aromatic carbocycles. The quantitative estimate of drug-likeness (QED) is 0.540. The molecule has 2 N–H and O–H groups in total. The number of rotatable bonds is 5. The summed E-state index contributed by atoms with van der Waals surface area (Å²) in [5.41, 5.74) is 6.32. The predicted molar refractivity (Wildman–Crippen MR) is 123 cm³/mol. The molecule has 4 rings (SSSR count). The standard InChI is InChI=1S/C22H29BN2O6S/c1-21(2)22(3,4)31-23(30-21)16-6-5-7-17(14-16)29-20-9-8-18(15-19(20)24)32(26,27)25-10-12-28-13-11-25/h5-9,14-15H,10-13,24H2,1-4H3.